The number of hydrogen-bond donors (Lipinski definition) is 2. The number of ether oxygens (including phenoxy) is 1. The van der Waals surface area contributed by atoms with E-state index in [1.54, 1.807) is 36.7 Å². The van der Waals surface area contributed by atoms with Crippen molar-refractivity contribution in [2.45, 2.75) is 20.5 Å². The Hall–Kier alpha value is -2.76. The molecule has 0 fully saturated rings. The molecule has 0 atom stereocenters. The van der Waals surface area contributed by atoms with Crippen molar-refractivity contribution in [2.24, 2.45) is 0 Å². The third-order valence-electron chi connectivity index (χ3n) is 4.17. The third-order valence-corrected chi connectivity index (χ3v) is 4.79. The molecule has 28 heavy (non-hydrogen) atoms. The molecule has 5 nitrogen and oxygen atoms in total. The zero-order valence-electron chi connectivity index (χ0n) is 15.4. The highest BCUT2D eigenvalue weighted by molar-refractivity contribution is 6.39. The molecule has 144 valence electrons. The molecule has 1 aromatic heterocycles. The number of halogens is 2. The Balaban J connectivity index is 1.77. The molecule has 0 aliphatic rings. The molecule has 1 heterocycles. The summed E-state index contributed by atoms with van der Waals surface area (Å²) < 4.78 is 5.93. The number of aryl methyl sites for hydroxylation is 2. The normalized spacial score (nSPS) is 10.6. The first-order chi connectivity index (χ1) is 13.3. The number of carbonyl (C=O) groups excluding carboxylic acids is 1. The molecule has 0 bridgehead atoms. The summed E-state index contributed by atoms with van der Waals surface area (Å²) in [5.41, 5.74) is 9.69. The van der Waals surface area contributed by atoms with Crippen molar-refractivity contribution >= 4 is 40.5 Å². The lowest BCUT2D eigenvalue weighted by atomic mass is 10.0. The number of benzene rings is 2. The van der Waals surface area contributed by atoms with Gasteiger partial charge in [0.2, 0.25) is 0 Å². The summed E-state index contributed by atoms with van der Waals surface area (Å²) in [6, 6.07) is 10.5. The van der Waals surface area contributed by atoms with Gasteiger partial charge in [-0.3, -0.25) is 9.78 Å². The zero-order chi connectivity index (χ0) is 20.3. The van der Waals surface area contributed by atoms with Gasteiger partial charge in [-0.1, -0.05) is 29.3 Å². The second-order valence-electron chi connectivity index (χ2n) is 6.40. The average Bonchev–Trinajstić information content (AvgIpc) is 2.66. The molecule has 7 heteroatoms. The van der Waals surface area contributed by atoms with Gasteiger partial charge in [0.05, 0.1) is 15.7 Å². The van der Waals surface area contributed by atoms with Crippen LogP contribution in [0.4, 0.5) is 11.4 Å². The number of aromatic nitrogens is 1. The molecular formula is C21H19Cl2N3O2. The number of nitrogens with one attached hydrogen (secondary N) is 1. The van der Waals surface area contributed by atoms with Crippen LogP contribution in [0.5, 0.6) is 5.75 Å². The molecule has 0 unspecified atom stereocenters. The molecule has 3 N–H and O–H groups in total. The standard InChI is InChI=1S/C21H19Cl2N3O2/c1-12-6-15(21(27)26-16-8-17(22)19(24)18(23)9-16)7-13(2)20(12)28-11-14-4-3-5-25-10-14/h3-10H,11,24H2,1-2H3,(H,26,27). The predicted molar refractivity (Wildman–Crippen MR) is 113 cm³/mol. The molecule has 0 aliphatic carbocycles. The SMILES string of the molecule is Cc1cc(C(=O)Nc2cc(Cl)c(N)c(Cl)c2)cc(C)c1OCc1cccnc1. The van der Waals surface area contributed by atoms with Gasteiger partial charge in [-0.05, 0) is 55.3 Å². The van der Waals surface area contributed by atoms with Crippen molar-refractivity contribution < 1.29 is 9.53 Å². The number of hydrogen-bond acceptors (Lipinski definition) is 4. The molecule has 3 aromatic rings. The molecule has 0 saturated heterocycles. The van der Waals surface area contributed by atoms with Crippen LogP contribution in [0.1, 0.15) is 27.0 Å². The monoisotopic (exact) mass is 415 g/mol. The molecule has 0 saturated carbocycles. The van der Waals surface area contributed by atoms with E-state index in [1.807, 2.05) is 26.0 Å². The Morgan fingerprint density at radius 1 is 1.14 bits per heavy atom. The lowest BCUT2D eigenvalue weighted by Gasteiger charge is -2.14. The van der Waals surface area contributed by atoms with Crippen molar-refractivity contribution in [1.82, 2.24) is 4.98 Å². The van der Waals surface area contributed by atoms with Crippen molar-refractivity contribution in [2.75, 3.05) is 11.1 Å². The van der Waals surface area contributed by atoms with Crippen molar-refractivity contribution in [1.29, 1.82) is 0 Å². The highest BCUT2D eigenvalue weighted by Gasteiger charge is 2.14. The topological polar surface area (TPSA) is 77.2 Å². The fourth-order valence-corrected chi connectivity index (χ4v) is 3.29. The van der Waals surface area contributed by atoms with Crippen molar-refractivity contribution in [3.05, 3.63) is 81.1 Å². The van der Waals surface area contributed by atoms with Crippen LogP contribution in [0.3, 0.4) is 0 Å². The second kappa shape index (κ2) is 8.50. The summed E-state index contributed by atoms with van der Waals surface area (Å²) in [5.74, 6) is 0.473. The van der Waals surface area contributed by atoms with Crippen LogP contribution < -0.4 is 15.8 Å². The van der Waals surface area contributed by atoms with Gasteiger partial charge in [0.1, 0.15) is 12.4 Å². The Kier molecular flexibility index (Phi) is 6.07. The maximum absolute atomic E-state index is 12.6. The second-order valence-corrected chi connectivity index (χ2v) is 7.21. The van der Waals surface area contributed by atoms with E-state index in [4.69, 9.17) is 33.7 Å². The maximum atomic E-state index is 12.6. The Morgan fingerprint density at radius 2 is 1.79 bits per heavy atom. The number of rotatable bonds is 5. The number of pyridine rings is 1. The summed E-state index contributed by atoms with van der Waals surface area (Å²) in [4.78, 5) is 16.7. The minimum absolute atomic E-state index is 0.276. The summed E-state index contributed by atoms with van der Waals surface area (Å²) >= 11 is 12.0. The first-order valence-electron chi connectivity index (χ1n) is 8.54. The molecule has 0 spiro atoms. The zero-order valence-corrected chi connectivity index (χ0v) is 16.9. The first-order valence-corrected chi connectivity index (χ1v) is 9.29. The summed E-state index contributed by atoms with van der Waals surface area (Å²) in [5, 5.41) is 3.36. The molecule has 1 amide bonds. The van der Waals surface area contributed by atoms with Crippen LogP contribution in [0.25, 0.3) is 0 Å². The number of nitrogens with two attached hydrogens (primary N) is 1. The van der Waals surface area contributed by atoms with Crippen LogP contribution in [-0.2, 0) is 6.61 Å². The molecule has 0 aliphatic heterocycles. The molecule has 2 aromatic carbocycles. The fraction of sp³-hybridized carbons (Fsp3) is 0.143. The van der Waals surface area contributed by atoms with Crippen LogP contribution in [0, 0.1) is 13.8 Å². The molecule has 3 rings (SSSR count). The van der Waals surface area contributed by atoms with Gasteiger partial charge in [-0.25, -0.2) is 0 Å². The van der Waals surface area contributed by atoms with Gasteiger partial charge in [0.15, 0.2) is 0 Å². The van der Waals surface area contributed by atoms with Gasteiger partial charge >= 0.3 is 0 Å². The van der Waals surface area contributed by atoms with E-state index in [-0.39, 0.29) is 21.6 Å². The van der Waals surface area contributed by atoms with E-state index in [0.717, 1.165) is 22.4 Å². The number of carbonyl (C=O) groups is 1. The quantitative estimate of drug-likeness (QED) is 0.545. The Labute approximate surface area is 173 Å². The minimum atomic E-state index is -0.276. The number of amides is 1. The summed E-state index contributed by atoms with van der Waals surface area (Å²) in [7, 11) is 0. The Bertz CT molecular complexity index is 977. The molecular weight excluding hydrogens is 397 g/mol. The van der Waals surface area contributed by atoms with E-state index in [0.29, 0.717) is 17.9 Å². The lowest BCUT2D eigenvalue weighted by molar-refractivity contribution is 0.102. The van der Waals surface area contributed by atoms with Crippen LogP contribution in [0.15, 0.2) is 48.8 Å². The number of anilines is 2. The summed E-state index contributed by atoms with van der Waals surface area (Å²) in [6.07, 6.45) is 3.48. The lowest BCUT2D eigenvalue weighted by Crippen LogP contribution is -2.13. The van der Waals surface area contributed by atoms with Crippen molar-refractivity contribution in [3.8, 4) is 5.75 Å². The Morgan fingerprint density at radius 3 is 2.36 bits per heavy atom. The van der Waals surface area contributed by atoms with Crippen LogP contribution in [0.2, 0.25) is 10.0 Å². The predicted octanol–water partition coefficient (Wildman–Crippen LogP) is 5.42. The van der Waals surface area contributed by atoms with E-state index in [2.05, 4.69) is 10.3 Å². The van der Waals surface area contributed by atoms with Crippen molar-refractivity contribution in [3.63, 3.8) is 0 Å². The first kappa shape index (κ1) is 20.0. The number of nitrogens with zero attached hydrogens (tertiary/aromatic N) is 1. The molecule has 0 radical (unpaired) electrons. The summed E-state index contributed by atoms with van der Waals surface area (Å²) in [6.45, 7) is 4.21. The third kappa shape index (κ3) is 4.55. The van der Waals surface area contributed by atoms with Gasteiger partial charge < -0.3 is 15.8 Å². The van der Waals surface area contributed by atoms with Gasteiger partial charge in [0.25, 0.3) is 5.91 Å². The number of nitrogen functional groups attached to an aromatic ring is 1. The van der Waals surface area contributed by atoms with E-state index >= 15 is 0 Å². The van der Waals surface area contributed by atoms with E-state index < -0.39 is 0 Å². The fourth-order valence-electron chi connectivity index (χ4n) is 2.81. The van der Waals surface area contributed by atoms with Crippen LogP contribution in [-0.4, -0.2) is 10.9 Å². The highest BCUT2D eigenvalue weighted by Crippen LogP contribution is 2.32. The largest absolute Gasteiger partial charge is 0.488 e. The van der Waals surface area contributed by atoms with Gasteiger partial charge in [-0.2, -0.15) is 0 Å². The van der Waals surface area contributed by atoms with E-state index in [9.17, 15) is 4.79 Å². The average molecular weight is 416 g/mol. The highest BCUT2D eigenvalue weighted by atomic mass is 35.5. The van der Waals surface area contributed by atoms with E-state index in [1.165, 1.54) is 0 Å². The minimum Gasteiger partial charge on any atom is -0.488 e. The maximum Gasteiger partial charge on any atom is 0.255 e. The smallest absolute Gasteiger partial charge is 0.255 e. The van der Waals surface area contributed by atoms with Gasteiger partial charge in [0, 0.05) is 29.2 Å². The van der Waals surface area contributed by atoms with Gasteiger partial charge in [-0.15, -0.1) is 0 Å². The van der Waals surface area contributed by atoms with Crippen LogP contribution >= 0.6 is 23.2 Å².